The van der Waals surface area contributed by atoms with Crippen LogP contribution in [0.4, 0.5) is 5.69 Å². The first-order valence-corrected chi connectivity index (χ1v) is 13.4. The van der Waals surface area contributed by atoms with Crippen LogP contribution in [0.15, 0.2) is 59.5 Å². The van der Waals surface area contributed by atoms with Gasteiger partial charge in [0.25, 0.3) is 11.5 Å². The van der Waals surface area contributed by atoms with Crippen molar-refractivity contribution in [2.75, 3.05) is 31.2 Å². The molecule has 2 aromatic heterocycles. The van der Waals surface area contributed by atoms with Crippen molar-refractivity contribution in [2.24, 2.45) is 11.1 Å². The van der Waals surface area contributed by atoms with E-state index in [1.165, 1.54) is 0 Å². The van der Waals surface area contributed by atoms with Crippen molar-refractivity contribution in [2.45, 2.75) is 32.7 Å². The van der Waals surface area contributed by atoms with Crippen LogP contribution in [0.1, 0.15) is 36.5 Å². The molecule has 38 heavy (non-hydrogen) atoms. The molecule has 2 N–H and O–H groups in total. The van der Waals surface area contributed by atoms with Crippen molar-refractivity contribution in [1.82, 2.24) is 14.0 Å². The highest BCUT2D eigenvalue weighted by molar-refractivity contribution is 6.30. The summed E-state index contributed by atoms with van der Waals surface area (Å²) in [6, 6.07) is 14.7. The molecule has 8 nitrogen and oxygen atoms in total. The van der Waals surface area contributed by atoms with Gasteiger partial charge in [-0.05, 0) is 30.7 Å². The van der Waals surface area contributed by atoms with Gasteiger partial charge in [-0.3, -0.25) is 14.0 Å². The molecule has 2 aliphatic heterocycles. The van der Waals surface area contributed by atoms with E-state index in [-0.39, 0.29) is 11.0 Å². The summed E-state index contributed by atoms with van der Waals surface area (Å²) in [7, 11) is 0. The molecule has 0 saturated carbocycles. The SMILES string of the molecule is CCCCCn1c(-c2ccc(C(N)=O)c(N3CC4(COC4)C3)c2)cc(=O)n2cc(-c3ccc(Cl)cc3)nc12. The van der Waals surface area contributed by atoms with Crippen LogP contribution in [0.5, 0.6) is 0 Å². The van der Waals surface area contributed by atoms with E-state index in [2.05, 4.69) is 16.4 Å². The number of benzene rings is 2. The Balaban J connectivity index is 1.47. The minimum atomic E-state index is -0.464. The van der Waals surface area contributed by atoms with Gasteiger partial charge in [0.05, 0.1) is 41.3 Å². The Morgan fingerprint density at radius 2 is 1.82 bits per heavy atom. The number of unbranched alkanes of at least 4 members (excludes halogenated alkanes) is 2. The van der Waals surface area contributed by atoms with Crippen LogP contribution in [0, 0.1) is 5.41 Å². The molecule has 0 radical (unpaired) electrons. The molecule has 2 fully saturated rings. The van der Waals surface area contributed by atoms with Gasteiger partial charge < -0.3 is 19.9 Å². The van der Waals surface area contributed by atoms with E-state index >= 15 is 0 Å². The van der Waals surface area contributed by atoms with Crippen molar-refractivity contribution >= 4 is 29.0 Å². The topological polar surface area (TPSA) is 94.9 Å². The summed E-state index contributed by atoms with van der Waals surface area (Å²) < 4.78 is 9.13. The molecule has 0 atom stereocenters. The molecule has 6 rings (SSSR count). The van der Waals surface area contributed by atoms with E-state index in [1.807, 2.05) is 36.4 Å². The molecule has 0 unspecified atom stereocenters. The summed E-state index contributed by atoms with van der Waals surface area (Å²) in [4.78, 5) is 32.7. The third-order valence-corrected chi connectivity index (χ3v) is 7.86. The molecule has 1 spiro atoms. The lowest BCUT2D eigenvalue weighted by molar-refractivity contribution is -0.127. The number of amides is 1. The lowest BCUT2D eigenvalue weighted by atomic mass is 9.77. The summed E-state index contributed by atoms with van der Waals surface area (Å²) in [6.45, 7) is 6.02. The van der Waals surface area contributed by atoms with E-state index in [0.717, 1.165) is 68.1 Å². The Bertz CT molecular complexity index is 1580. The zero-order valence-electron chi connectivity index (χ0n) is 21.3. The lowest BCUT2D eigenvalue weighted by Gasteiger charge is -2.56. The van der Waals surface area contributed by atoms with Gasteiger partial charge in [-0.15, -0.1) is 0 Å². The molecule has 0 aliphatic carbocycles. The zero-order valence-corrected chi connectivity index (χ0v) is 22.1. The predicted molar refractivity (Wildman–Crippen MR) is 149 cm³/mol. The molecule has 2 saturated heterocycles. The van der Waals surface area contributed by atoms with E-state index in [1.54, 1.807) is 22.7 Å². The van der Waals surface area contributed by atoms with Crippen LogP contribution < -0.4 is 16.2 Å². The summed E-state index contributed by atoms with van der Waals surface area (Å²) in [5.41, 5.74) is 10.3. The third-order valence-electron chi connectivity index (χ3n) is 7.61. The second-order valence-corrected chi connectivity index (χ2v) is 10.9. The number of hydrogen-bond acceptors (Lipinski definition) is 5. The Kier molecular flexibility index (Phi) is 6.24. The number of carbonyl (C=O) groups excluding carboxylic acids is 1. The Morgan fingerprint density at radius 1 is 1.08 bits per heavy atom. The second-order valence-electron chi connectivity index (χ2n) is 10.5. The largest absolute Gasteiger partial charge is 0.380 e. The first-order valence-electron chi connectivity index (χ1n) is 13.0. The fraction of sp³-hybridized carbons (Fsp3) is 0.345. The maximum absolute atomic E-state index is 13.3. The van der Waals surface area contributed by atoms with E-state index in [0.29, 0.717) is 28.6 Å². The van der Waals surface area contributed by atoms with Gasteiger partial charge in [0.1, 0.15) is 0 Å². The summed E-state index contributed by atoms with van der Waals surface area (Å²) >= 11 is 6.08. The number of hydrogen-bond donors (Lipinski definition) is 1. The number of nitrogens with two attached hydrogens (primary N) is 1. The molecule has 2 aromatic carbocycles. The third kappa shape index (κ3) is 4.27. The second kappa shape index (κ2) is 9.60. The quantitative estimate of drug-likeness (QED) is 0.335. The van der Waals surface area contributed by atoms with Gasteiger partial charge in [0.2, 0.25) is 5.78 Å². The number of fused-ring (bicyclic) bond motifs is 1. The van der Waals surface area contributed by atoms with Crippen molar-refractivity contribution in [3.63, 3.8) is 0 Å². The summed E-state index contributed by atoms with van der Waals surface area (Å²) in [5.74, 6) is 0.123. The molecule has 0 bridgehead atoms. The average Bonchev–Trinajstić information content (AvgIpc) is 3.30. The lowest BCUT2D eigenvalue weighted by Crippen LogP contribution is -2.66. The van der Waals surface area contributed by atoms with E-state index in [4.69, 9.17) is 27.1 Å². The smallest absolute Gasteiger partial charge is 0.259 e. The minimum absolute atomic E-state index is 0.162. The molecular formula is C29H30ClN5O3. The Labute approximate surface area is 225 Å². The predicted octanol–water partition coefficient (Wildman–Crippen LogP) is 4.61. The van der Waals surface area contributed by atoms with Crippen LogP contribution in [0.2, 0.25) is 5.02 Å². The first-order chi connectivity index (χ1) is 18.4. The number of aromatic nitrogens is 3. The number of carbonyl (C=O) groups is 1. The highest BCUT2D eigenvalue weighted by Crippen LogP contribution is 2.42. The standard InChI is InChI=1S/C29H30ClN5O3/c1-2-3-4-11-34-24(13-26(36)35-14-23(32-28(34)35)19-5-8-21(30)9-6-19)20-7-10-22(27(31)37)25(12-20)33-15-29(16-33)17-38-18-29/h5-10,12-14H,2-4,11,15-18H2,1H3,(H2,31,37). The Morgan fingerprint density at radius 3 is 2.47 bits per heavy atom. The number of primary amides is 1. The molecular weight excluding hydrogens is 502 g/mol. The summed E-state index contributed by atoms with van der Waals surface area (Å²) in [6.07, 6.45) is 4.87. The van der Waals surface area contributed by atoms with Gasteiger partial charge in [-0.1, -0.05) is 49.6 Å². The average molecular weight is 532 g/mol. The number of ether oxygens (including phenoxy) is 1. The highest BCUT2D eigenvalue weighted by Gasteiger charge is 2.49. The number of halogens is 1. The minimum Gasteiger partial charge on any atom is -0.380 e. The van der Waals surface area contributed by atoms with Crippen molar-refractivity contribution in [3.05, 3.63) is 75.7 Å². The maximum Gasteiger partial charge on any atom is 0.259 e. The monoisotopic (exact) mass is 531 g/mol. The molecule has 1 amide bonds. The van der Waals surface area contributed by atoms with E-state index < -0.39 is 5.91 Å². The summed E-state index contributed by atoms with van der Waals surface area (Å²) in [5, 5.41) is 0.645. The van der Waals surface area contributed by atoms with Crippen molar-refractivity contribution < 1.29 is 9.53 Å². The van der Waals surface area contributed by atoms with Gasteiger partial charge in [0.15, 0.2) is 0 Å². The number of rotatable bonds is 8. The van der Waals surface area contributed by atoms with Crippen LogP contribution in [0.25, 0.3) is 28.3 Å². The van der Waals surface area contributed by atoms with Gasteiger partial charge in [-0.2, -0.15) is 0 Å². The fourth-order valence-corrected chi connectivity index (χ4v) is 5.63. The molecule has 196 valence electrons. The number of anilines is 1. The Hall–Kier alpha value is -3.62. The van der Waals surface area contributed by atoms with Gasteiger partial charge in [0, 0.05) is 48.0 Å². The molecule has 9 heteroatoms. The van der Waals surface area contributed by atoms with Gasteiger partial charge in [-0.25, -0.2) is 4.98 Å². The fourth-order valence-electron chi connectivity index (χ4n) is 5.50. The number of nitrogens with zero attached hydrogens (tertiary/aromatic N) is 4. The van der Waals surface area contributed by atoms with Crippen molar-refractivity contribution in [3.8, 4) is 22.5 Å². The van der Waals surface area contributed by atoms with E-state index in [9.17, 15) is 9.59 Å². The first kappa shape index (κ1) is 24.7. The van der Waals surface area contributed by atoms with Crippen LogP contribution >= 0.6 is 11.6 Å². The van der Waals surface area contributed by atoms with Gasteiger partial charge >= 0.3 is 0 Å². The molecule has 2 aliphatic rings. The maximum atomic E-state index is 13.3. The molecule has 4 aromatic rings. The van der Waals surface area contributed by atoms with Crippen LogP contribution in [-0.2, 0) is 11.3 Å². The highest BCUT2D eigenvalue weighted by atomic mass is 35.5. The number of aryl methyl sites for hydroxylation is 1. The van der Waals surface area contributed by atoms with Crippen LogP contribution in [0.3, 0.4) is 0 Å². The van der Waals surface area contributed by atoms with Crippen LogP contribution in [-0.4, -0.2) is 46.2 Å². The van der Waals surface area contributed by atoms with Crippen molar-refractivity contribution in [1.29, 1.82) is 0 Å². The number of imidazole rings is 1. The zero-order chi connectivity index (χ0) is 26.4. The normalized spacial score (nSPS) is 16.0. The molecule has 4 heterocycles.